The summed E-state index contributed by atoms with van der Waals surface area (Å²) in [5.74, 6) is -0.842. The molecule has 0 spiro atoms. The molecule has 0 saturated carbocycles. The van der Waals surface area contributed by atoms with Crippen LogP contribution in [0.5, 0.6) is 5.75 Å². The Bertz CT molecular complexity index is 438. The molecule has 1 aromatic carbocycles. The Morgan fingerprint density at radius 3 is 2.56 bits per heavy atom. The van der Waals surface area contributed by atoms with Gasteiger partial charge in [-0.05, 0) is 17.5 Å². The number of ether oxygens (including phenoxy) is 1. The summed E-state index contributed by atoms with van der Waals surface area (Å²) in [6.07, 6.45) is 0.119. The summed E-state index contributed by atoms with van der Waals surface area (Å²) >= 11 is 0. The van der Waals surface area contributed by atoms with E-state index in [4.69, 9.17) is 10.5 Å². The van der Waals surface area contributed by atoms with E-state index in [1.165, 1.54) is 19.2 Å². The molecular formula is C14H20FNO2. The first kappa shape index (κ1) is 14.6. The first-order valence-corrected chi connectivity index (χ1v) is 5.88. The molecule has 0 fully saturated rings. The van der Waals surface area contributed by atoms with Gasteiger partial charge in [0.15, 0.2) is 17.3 Å². The van der Waals surface area contributed by atoms with Crippen molar-refractivity contribution in [2.24, 2.45) is 11.1 Å². The molecule has 0 aliphatic carbocycles. The molecule has 0 bridgehead atoms. The molecule has 1 rings (SSSR count). The van der Waals surface area contributed by atoms with E-state index in [0.29, 0.717) is 0 Å². The van der Waals surface area contributed by atoms with Crippen LogP contribution in [0.2, 0.25) is 0 Å². The highest BCUT2D eigenvalue weighted by Gasteiger charge is 2.25. The Labute approximate surface area is 107 Å². The summed E-state index contributed by atoms with van der Waals surface area (Å²) < 4.78 is 18.7. The number of hydrogen-bond donors (Lipinski definition) is 1. The van der Waals surface area contributed by atoms with Crippen molar-refractivity contribution in [2.45, 2.75) is 33.2 Å². The van der Waals surface area contributed by atoms with E-state index < -0.39 is 5.82 Å². The monoisotopic (exact) mass is 253 g/mol. The molecular weight excluding hydrogens is 233 g/mol. The minimum atomic E-state index is -0.619. The topological polar surface area (TPSA) is 52.3 Å². The standard InChI is InChI=1S/C14H20FNO2/c1-14(2,3)12(16)8-10(17)9-6-5-7-11(18-4)13(9)15/h5-7,12H,8,16H2,1-4H3. The Morgan fingerprint density at radius 2 is 2.06 bits per heavy atom. The molecule has 3 nitrogen and oxygen atoms in total. The molecule has 100 valence electrons. The van der Waals surface area contributed by atoms with Crippen LogP contribution in [-0.2, 0) is 0 Å². The zero-order valence-corrected chi connectivity index (χ0v) is 11.3. The smallest absolute Gasteiger partial charge is 0.175 e. The van der Waals surface area contributed by atoms with Gasteiger partial charge in [-0.15, -0.1) is 0 Å². The number of ketones is 1. The van der Waals surface area contributed by atoms with Crippen LogP contribution in [-0.4, -0.2) is 18.9 Å². The van der Waals surface area contributed by atoms with Gasteiger partial charge in [-0.3, -0.25) is 4.79 Å². The van der Waals surface area contributed by atoms with E-state index in [2.05, 4.69) is 0 Å². The Hall–Kier alpha value is -1.42. The van der Waals surface area contributed by atoms with Gasteiger partial charge in [-0.1, -0.05) is 26.8 Å². The van der Waals surface area contributed by atoms with Gasteiger partial charge in [0.05, 0.1) is 12.7 Å². The molecule has 2 N–H and O–H groups in total. The normalized spacial score (nSPS) is 13.2. The second-order valence-electron chi connectivity index (χ2n) is 5.42. The number of carbonyl (C=O) groups excluding carboxylic acids is 1. The van der Waals surface area contributed by atoms with Gasteiger partial charge in [-0.2, -0.15) is 0 Å². The van der Waals surface area contributed by atoms with Crippen LogP contribution in [0.1, 0.15) is 37.6 Å². The van der Waals surface area contributed by atoms with Crippen molar-refractivity contribution in [3.05, 3.63) is 29.6 Å². The van der Waals surface area contributed by atoms with Crippen molar-refractivity contribution in [2.75, 3.05) is 7.11 Å². The first-order chi connectivity index (χ1) is 8.27. The van der Waals surface area contributed by atoms with Crippen molar-refractivity contribution < 1.29 is 13.9 Å². The number of benzene rings is 1. The lowest BCUT2D eigenvalue weighted by Crippen LogP contribution is -2.37. The summed E-state index contributed by atoms with van der Waals surface area (Å²) in [5, 5.41) is 0. The Kier molecular flexibility index (Phi) is 4.46. The fraction of sp³-hybridized carbons (Fsp3) is 0.500. The van der Waals surface area contributed by atoms with Crippen molar-refractivity contribution >= 4 is 5.78 Å². The number of rotatable bonds is 4. The highest BCUT2D eigenvalue weighted by atomic mass is 19.1. The maximum absolute atomic E-state index is 13.9. The fourth-order valence-electron chi connectivity index (χ4n) is 1.50. The molecule has 1 aromatic rings. The van der Waals surface area contributed by atoms with E-state index >= 15 is 0 Å². The fourth-order valence-corrected chi connectivity index (χ4v) is 1.50. The van der Waals surface area contributed by atoms with E-state index in [1.807, 2.05) is 20.8 Å². The number of hydrogen-bond acceptors (Lipinski definition) is 3. The molecule has 0 heterocycles. The van der Waals surface area contributed by atoms with Crippen LogP contribution in [0.15, 0.2) is 18.2 Å². The van der Waals surface area contributed by atoms with E-state index in [9.17, 15) is 9.18 Å². The van der Waals surface area contributed by atoms with E-state index in [-0.39, 0.29) is 35.0 Å². The number of nitrogens with two attached hydrogens (primary N) is 1. The molecule has 4 heteroatoms. The third-order valence-corrected chi connectivity index (χ3v) is 3.00. The number of Topliss-reactive ketones (excluding diaryl/α,β-unsaturated/α-hetero) is 1. The molecule has 18 heavy (non-hydrogen) atoms. The highest BCUT2D eigenvalue weighted by molar-refractivity contribution is 5.97. The van der Waals surface area contributed by atoms with E-state index in [1.54, 1.807) is 6.07 Å². The molecule has 0 radical (unpaired) electrons. The quantitative estimate of drug-likeness (QED) is 0.839. The van der Waals surface area contributed by atoms with Crippen molar-refractivity contribution in [1.29, 1.82) is 0 Å². The van der Waals surface area contributed by atoms with Gasteiger partial charge < -0.3 is 10.5 Å². The summed E-state index contributed by atoms with van der Waals surface area (Å²) in [7, 11) is 1.37. The maximum atomic E-state index is 13.9. The lowest BCUT2D eigenvalue weighted by atomic mass is 9.83. The zero-order valence-electron chi connectivity index (χ0n) is 11.3. The van der Waals surface area contributed by atoms with Gasteiger partial charge in [-0.25, -0.2) is 4.39 Å². The predicted octanol–water partition coefficient (Wildman–Crippen LogP) is 2.78. The van der Waals surface area contributed by atoms with Gasteiger partial charge in [0.25, 0.3) is 0 Å². The first-order valence-electron chi connectivity index (χ1n) is 5.88. The van der Waals surface area contributed by atoms with Gasteiger partial charge >= 0.3 is 0 Å². The maximum Gasteiger partial charge on any atom is 0.175 e. The van der Waals surface area contributed by atoms with Gasteiger partial charge in [0.2, 0.25) is 0 Å². The summed E-state index contributed by atoms with van der Waals surface area (Å²) in [6.45, 7) is 5.85. The average Bonchev–Trinajstić information content (AvgIpc) is 2.27. The highest BCUT2D eigenvalue weighted by Crippen LogP contribution is 2.24. The van der Waals surface area contributed by atoms with Crippen LogP contribution < -0.4 is 10.5 Å². The third kappa shape index (κ3) is 3.29. The van der Waals surface area contributed by atoms with Crippen LogP contribution in [0.25, 0.3) is 0 Å². The van der Waals surface area contributed by atoms with Crippen LogP contribution >= 0.6 is 0 Å². The van der Waals surface area contributed by atoms with Crippen LogP contribution in [0.3, 0.4) is 0 Å². The molecule has 0 aromatic heterocycles. The lowest BCUT2D eigenvalue weighted by Gasteiger charge is -2.26. The molecule has 0 amide bonds. The predicted molar refractivity (Wildman–Crippen MR) is 69.3 cm³/mol. The van der Waals surface area contributed by atoms with E-state index in [0.717, 1.165) is 0 Å². The molecule has 0 saturated heterocycles. The second-order valence-corrected chi connectivity index (χ2v) is 5.42. The lowest BCUT2D eigenvalue weighted by molar-refractivity contribution is 0.0948. The Morgan fingerprint density at radius 1 is 1.44 bits per heavy atom. The molecule has 1 atom stereocenters. The van der Waals surface area contributed by atoms with Gasteiger partial charge in [0.1, 0.15) is 0 Å². The largest absolute Gasteiger partial charge is 0.494 e. The second kappa shape index (κ2) is 5.48. The zero-order chi connectivity index (χ0) is 13.9. The summed E-state index contributed by atoms with van der Waals surface area (Å²) in [5.41, 5.74) is 5.78. The number of methoxy groups -OCH3 is 1. The van der Waals surface area contributed by atoms with Crippen LogP contribution in [0.4, 0.5) is 4.39 Å². The van der Waals surface area contributed by atoms with Crippen molar-refractivity contribution in [3.63, 3.8) is 0 Å². The molecule has 1 unspecified atom stereocenters. The summed E-state index contributed by atoms with van der Waals surface area (Å²) in [4.78, 5) is 12.0. The van der Waals surface area contributed by atoms with Gasteiger partial charge in [0, 0.05) is 12.5 Å². The number of halogens is 1. The van der Waals surface area contributed by atoms with Crippen molar-refractivity contribution in [1.82, 2.24) is 0 Å². The van der Waals surface area contributed by atoms with Crippen LogP contribution in [0, 0.1) is 11.2 Å². The number of carbonyl (C=O) groups is 1. The minimum Gasteiger partial charge on any atom is -0.494 e. The third-order valence-electron chi connectivity index (χ3n) is 3.00. The van der Waals surface area contributed by atoms with Crippen molar-refractivity contribution in [3.8, 4) is 5.75 Å². The minimum absolute atomic E-state index is 0.0362. The molecule has 0 aliphatic rings. The average molecular weight is 253 g/mol. The SMILES string of the molecule is COc1cccc(C(=O)CC(N)C(C)(C)C)c1F. The molecule has 0 aliphatic heterocycles. The summed E-state index contributed by atoms with van der Waals surface area (Å²) in [6, 6.07) is 4.22. The Balaban J connectivity index is 2.92.